The molecule has 4 heteroatoms. The number of methoxy groups -OCH3 is 1. The second kappa shape index (κ2) is 8.47. The van der Waals surface area contributed by atoms with E-state index in [1.165, 1.54) is 61.7 Å². The highest BCUT2D eigenvalue weighted by Gasteiger charge is 2.23. The number of hydrogen-bond acceptors (Lipinski definition) is 3. The number of hydrogen-bond donors (Lipinski definition) is 0. The summed E-state index contributed by atoms with van der Waals surface area (Å²) in [4.78, 5) is 13.8. The van der Waals surface area contributed by atoms with Crippen LogP contribution in [0.4, 0.5) is 0 Å². The summed E-state index contributed by atoms with van der Waals surface area (Å²) in [5, 5.41) is 4.66. The van der Waals surface area contributed by atoms with Gasteiger partial charge in [0.15, 0.2) is 0 Å². The summed E-state index contributed by atoms with van der Waals surface area (Å²) in [5.41, 5.74) is 0.579. The molecular formula is C23H28O3S. The molecule has 3 nitrogen and oxygen atoms in total. The minimum atomic E-state index is -0.302. The van der Waals surface area contributed by atoms with Crippen LogP contribution in [0.2, 0.25) is 0 Å². The molecule has 0 spiro atoms. The van der Waals surface area contributed by atoms with Gasteiger partial charge in [-0.3, -0.25) is 0 Å². The molecule has 1 saturated carbocycles. The van der Waals surface area contributed by atoms with Crippen molar-refractivity contribution in [2.24, 2.45) is 5.92 Å². The van der Waals surface area contributed by atoms with Gasteiger partial charge >= 0.3 is 5.97 Å². The van der Waals surface area contributed by atoms with E-state index in [9.17, 15) is 4.79 Å². The summed E-state index contributed by atoms with van der Waals surface area (Å²) < 4.78 is 11.4. The standard InChI is InChI=1S/C23H28O3S/c1-25-23(24)20-15-21(27-13-7-8-14-27)18-11-5-6-12-19(18)22(20)26-16-17-9-3-2-4-10-17/h5-6,11-13,15,17H,2-4,7-10,14,16H2,1H3. The van der Waals surface area contributed by atoms with Gasteiger partial charge in [-0.25, -0.2) is 4.79 Å². The van der Waals surface area contributed by atoms with Crippen LogP contribution in [0.15, 0.2) is 35.2 Å². The maximum atomic E-state index is 12.6. The Labute approximate surface area is 164 Å². The molecule has 2 aromatic carbocycles. The van der Waals surface area contributed by atoms with Crippen LogP contribution in [0.1, 0.15) is 55.3 Å². The molecule has 0 saturated heterocycles. The van der Waals surface area contributed by atoms with E-state index in [1.807, 2.05) is 12.1 Å². The Kier molecular flexibility index (Phi) is 5.82. The summed E-state index contributed by atoms with van der Waals surface area (Å²) in [6, 6.07) is 10.4. The van der Waals surface area contributed by atoms with Crippen molar-refractivity contribution in [2.75, 3.05) is 19.5 Å². The van der Waals surface area contributed by atoms with Crippen LogP contribution in [0, 0.1) is 5.92 Å². The summed E-state index contributed by atoms with van der Waals surface area (Å²) >= 11 is 0. The lowest BCUT2D eigenvalue weighted by atomic mass is 9.90. The monoisotopic (exact) mass is 384 g/mol. The van der Waals surface area contributed by atoms with Crippen molar-refractivity contribution >= 4 is 32.6 Å². The maximum Gasteiger partial charge on any atom is 0.341 e. The molecule has 1 heterocycles. The third-order valence-corrected chi connectivity index (χ3v) is 7.99. The van der Waals surface area contributed by atoms with E-state index in [0.29, 0.717) is 23.8 Å². The predicted octanol–water partition coefficient (Wildman–Crippen LogP) is 5.81. The van der Waals surface area contributed by atoms with Crippen molar-refractivity contribution in [3.63, 3.8) is 0 Å². The first-order chi connectivity index (χ1) is 13.3. The average molecular weight is 385 g/mol. The minimum Gasteiger partial charge on any atom is -0.492 e. The highest BCUT2D eigenvalue weighted by molar-refractivity contribution is 8.15. The second-order valence-corrected chi connectivity index (χ2v) is 9.58. The first-order valence-corrected chi connectivity index (χ1v) is 11.5. The quantitative estimate of drug-likeness (QED) is 0.482. The van der Waals surface area contributed by atoms with Gasteiger partial charge in [0.2, 0.25) is 0 Å². The molecule has 1 fully saturated rings. The largest absolute Gasteiger partial charge is 0.492 e. The predicted molar refractivity (Wildman–Crippen MR) is 113 cm³/mol. The van der Waals surface area contributed by atoms with E-state index in [4.69, 9.17) is 9.47 Å². The zero-order valence-corrected chi connectivity index (χ0v) is 16.9. The smallest absolute Gasteiger partial charge is 0.341 e. The molecular weight excluding hydrogens is 356 g/mol. The highest BCUT2D eigenvalue weighted by Crippen LogP contribution is 2.42. The molecule has 0 N–H and O–H groups in total. The van der Waals surface area contributed by atoms with Gasteiger partial charge in [0.1, 0.15) is 11.3 Å². The Morgan fingerprint density at radius 3 is 2.59 bits per heavy atom. The number of rotatable bonds is 5. The number of fused-ring (bicyclic) bond motifs is 1. The molecule has 144 valence electrons. The summed E-state index contributed by atoms with van der Waals surface area (Å²) in [6.07, 6.45) is 8.74. The third kappa shape index (κ3) is 3.91. The topological polar surface area (TPSA) is 35.5 Å². The summed E-state index contributed by atoms with van der Waals surface area (Å²) in [6.45, 7) is 0.686. The number of benzene rings is 2. The van der Waals surface area contributed by atoms with Crippen LogP contribution in [0.5, 0.6) is 5.75 Å². The van der Waals surface area contributed by atoms with Crippen molar-refractivity contribution in [3.05, 3.63) is 35.9 Å². The van der Waals surface area contributed by atoms with Crippen molar-refractivity contribution in [2.45, 2.75) is 49.8 Å². The number of carbonyl (C=O) groups is 1. The van der Waals surface area contributed by atoms with E-state index in [2.05, 4.69) is 23.6 Å². The highest BCUT2D eigenvalue weighted by atomic mass is 32.2. The molecule has 2 aromatic rings. The number of ether oxygens (including phenoxy) is 2. The van der Waals surface area contributed by atoms with Gasteiger partial charge in [0.05, 0.1) is 13.7 Å². The van der Waals surface area contributed by atoms with Crippen LogP contribution in [0.25, 0.3) is 10.8 Å². The van der Waals surface area contributed by atoms with Crippen molar-refractivity contribution in [3.8, 4) is 5.75 Å². The number of esters is 1. The van der Waals surface area contributed by atoms with Gasteiger partial charge in [0, 0.05) is 10.3 Å². The molecule has 2 aliphatic rings. The van der Waals surface area contributed by atoms with Gasteiger partial charge in [-0.2, -0.15) is 10.5 Å². The van der Waals surface area contributed by atoms with E-state index in [1.54, 1.807) is 0 Å². The average Bonchev–Trinajstić information content (AvgIpc) is 3.26. The van der Waals surface area contributed by atoms with E-state index < -0.39 is 0 Å². The lowest BCUT2D eigenvalue weighted by Gasteiger charge is -2.23. The zero-order valence-electron chi connectivity index (χ0n) is 16.0. The Morgan fingerprint density at radius 2 is 1.89 bits per heavy atom. The number of carbonyl (C=O) groups excluding carboxylic acids is 1. The SMILES string of the molecule is COC(=O)c1cc(S2=CCCC2)c2ccccc2c1OCC1CCCCC1. The fourth-order valence-corrected chi connectivity index (χ4v) is 6.48. The fourth-order valence-electron chi connectivity index (χ4n) is 4.25. The third-order valence-electron chi connectivity index (χ3n) is 5.72. The zero-order chi connectivity index (χ0) is 18.6. The molecule has 0 aromatic heterocycles. The molecule has 1 atom stereocenters. The van der Waals surface area contributed by atoms with Crippen molar-refractivity contribution in [1.82, 2.24) is 0 Å². The Hall–Kier alpha value is -1.81. The Morgan fingerprint density at radius 1 is 1.11 bits per heavy atom. The maximum absolute atomic E-state index is 12.6. The molecule has 1 aliphatic carbocycles. The molecule has 27 heavy (non-hydrogen) atoms. The van der Waals surface area contributed by atoms with E-state index in [-0.39, 0.29) is 16.5 Å². The van der Waals surface area contributed by atoms with Gasteiger partial charge in [-0.15, -0.1) is 0 Å². The van der Waals surface area contributed by atoms with Gasteiger partial charge in [-0.05, 0) is 48.8 Å². The lowest BCUT2D eigenvalue weighted by Crippen LogP contribution is -2.17. The normalized spacial score (nSPS) is 20.4. The van der Waals surface area contributed by atoms with Gasteiger partial charge in [-0.1, -0.05) is 48.9 Å². The van der Waals surface area contributed by atoms with Crippen molar-refractivity contribution < 1.29 is 14.3 Å². The Balaban J connectivity index is 1.78. The summed E-state index contributed by atoms with van der Waals surface area (Å²) in [5.74, 6) is 2.16. The second-order valence-electron chi connectivity index (χ2n) is 7.55. The minimum absolute atomic E-state index is 0.101. The fraction of sp³-hybridized carbons (Fsp3) is 0.478. The van der Waals surface area contributed by atoms with Crippen LogP contribution < -0.4 is 4.74 Å². The van der Waals surface area contributed by atoms with Crippen LogP contribution in [0.3, 0.4) is 0 Å². The van der Waals surface area contributed by atoms with Crippen LogP contribution >= 0.6 is 10.5 Å². The molecule has 4 rings (SSSR count). The molecule has 0 bridgehead atoms. The molecule has 0 radical (unpaired) electrons. The lowest BCUT2D eigenvalue weighted by molar-refractivity contribution is 0.0594. The Bertz CT molecular complexity index is 865. The van der Waals surface area contributed by atoms with Gasteiger partial charge < -0.3 is 9.47 Å². The van der Waals surface area contributed by atoms with Gasteiger partial charge in [0.25, 0.3) is 0 Å². The van der Waals surface area contributed by atoms with E-state index in [0.717, 1.165) is 11.8 Å². The van der Waals surface area contributed by atoms with Crippen LogP contribution in [-0.2, 0) is 4.74 Å². The first-order valence-electron chi connectivity index (χ1n) is 10.1. The van der Waals surface area contributed by atoms with Crippen LogP contribution in [-0.4, -0.2) is 30.8 Å². The molecule has 1 unspecified atom stereocenters. The van der Waals surface area contributed by atoms with E-state index >= 15 is 0 Å². The first kappa shape index (κ1) is 18.5. The molecule has 1 aliphatic heterocycles. The van der Waals surface area contributed by atoms with Crippen molar-refractivity contribution in [1.29, 1.82) is 0 Å². The molecule has 0 amide bonds. The summed E-state index contributed by atoms with van der Waals surface area (Å²) in [7, 11) is 1.55.